The fraction of sp³-hybridized carbons (Fsp3) is 0.368. The lowest BCUT2D eigenvalue weighted by atomic mass is 10.1. The van der Waals surface area contributed by atoms with Crippen LogP contribution in [0.4, 0.5) is 11.6 Å². The van der Waals surface area contributed by atoms with E-state index in [4.69, 9.17) is 58.1 Å². The van der Waals surface area contributed by atoms with Crippen molar-refractivity contribution in [2.45, 2.75) is 37.8 Å². The van der Waals surface area contributed by atoms with Gasteiger partial charge in [0.25, 0.3) is 5.91 Å². The number of H-pyrrole nitrogens is 1. The van der Waals surface area contributed by atoms with Crippen LogP contribution in [0.2, 0.25) is 5.02 Å². The lowest BCUT2D eigenvalue weighted by Gasteiger charge is -2.22. The molecule has 3 aromatic rings. The quantitative estimate of drug-likeness (QED) is 0.116. The SMILES string of the molecule is Cc1cc(Cl)ccc1NC(=O)[C@@H]1OC2C(COP(=O)(O)OP(=O)(O)OP(=O)(O)O)OC(n3cnc4c(=S)[nH]c(N)nc43)C2O1. The summed E-state index contributed by atoms with van der Waals surface area (Å²) in [4.78, 5) is 60.9. The molecule has 8 N–H and O–H groups in total. The average Bonchev–Trinajstić information content (AvgIpc) is 3.56. The minimum atomic E-state index is -5.78. The fourth-order valence-electron chi connectivity index (χ4n) is 4.38. The van der Waals surface area contributed by atoms with Gasteiger partial charge in [0.2, 0.25) is 12.2 Å². The van der Waals surface area contributed by atoms with Crippen LogP contribution in [0.1, 0.15) is 11.8 Å². The number of phosphoric ester groups is 1. The minimum Gasteiger partial charge on any atom is -0.369 e. The average molecular weight is 719 g/mol. The van der Waals surface area contributed by atoms with Crippen LogP contribution in [0.5, 0.6) is 0 Å². The molecular weight excluding hydrogens is 697 g/mol. The number of hydrogen-bond acceptors (Lipinski definition) is 14. The number of fused-ring (bicyclic) bond motifs is 2. The van der Waals surface area contributed by atoms with Gasteiger partial charge in [0.15, 0.2) is 11.9 Å². The molecule has 0 spiro atoms. The Hall–Kier alpha value is -2.16. The predicted molar refractivity (Wildman–Crippen MR) is 149 cm³/mol. The highest BCUT2D eigenvalue weighted by Gasteiger charge is 2.56. The van der Waals surface area contributed by atoms with Crippen molar-refractivity contribution in [2.24, 2.45) is 0 Å². The molecule has 4 heterocycles. The maximum absolute atomic E-state index is 13.1. The Morgan fingerprint density at radius 3 is 2.55 bits per heavy atom. The van der Waals surface area contributed by atoms with Crippen LogP contribution in [-0.2, 0) is 45.8 Å². The third-order valence-corrected chi connectivity index (χ3v) is 10.4. The number of rotatable bonds is 10. The lowest BCUT2D eigenvalue weighted by molar-refractivity contribution is -0.166. The molecule has 44 heavy (non-hydrogen) atoms. The molecule has 20 nitrogen and oxygen atoms in total. The zero-order valence-electron chi connectivity index (χ0n) is 21.8. The number of ether oxygens (including phenoxy) is 3. The third kappa shape index (κ3) is 7.45. The van der Waals surface area contributed by atoms with Crippen LogP contribution >= 0.6 is 47.3 Å². The topological polar surface area (TPSA) is 289 Å². The highest BCUT2D eigenvalue weighted by Crippen LogP contribution is 2.66. The van der Waals surface area contributed by atoms with Crippen molar-refractivity contribution in [3.05, 3.63) is 39.8 Å². The molecule has 0 saturated carbocycles. The number of benzene rings is 1. The lowest BCUT2D eigenvalue weighted by Crippen LogP contribution is -2.34. The van der Waals surface area contributed by atoms with Gasteiger partial charge in [-0.2, -0.15) is 13.6 Å². The van der Waals surface area contributed by atoms with E-state index in [0.717, 1.165) is 0 Å². The summed E-state index contributed by atoms with van der Waals surface area (Å²) in [6.45, 7) is 0.820. The molecule has 2 aliphatic heterocycles. The Balaban J connectivity index is 1.39. The molecule has 0 bridgehead atoms. The zero-order chi connectivity index (χ0) is 32.2. The van der Waals surface area contributed by atoms with Gasteiger partial charge in [-0.05, 0) is 30.7 Å². The summed E-state index contributed by atoms with van der Waals surface area (Å²) in [6, 6.07) is 4.75. The van der Waals surface area contributed by atoms with Gasteiger partial charge in [-0.25, -0.2) is 18.7 Å². The predicted octanol–water partition coefficient (Wildman–Crippen LogP) is 2.02. The van der Waals surface area contributed by atoms with E-state index < -0.39 is 66.8 Å². The number of aromatic nitrogens is 4. The molecule has 2 fully saturated rings. The first-order chi connectivity index (χ1) is 20.4. The van der Waals surface area contributed by atoms with Crippen molar-refractivity contribution in [1.29, 1.82) is 0 Å². The van der Waals surface area contributed by atoms with Crippen molar-refractivity contribution in [2.75, 3.05) is 17.7 Å². The number of imidazole rings is 1. The molecule has 240 valence electrons. The van der Waals surface area contributed by atoms with Gasteiger partial charge in [0.05, 0.1) is 12.9 Å². The maximum atomic E-state index is 13.1. The minimum absolute atomic E-state index is 0.0535. The van der Waals surface area contributed by atoms with Gasteiger partial charge in [-0.3, -0.25) is 13.9 Å². The Morgan fingerprint density at radius 2 is 1.86 bits per heavy atom. The molecule has 2 aliphatic rings. The first-order valence-corrected chi connectivity index (χ1v) is 17.3. The fourth-order valence-corrected chi connectivity index (χ4v) is 7.88. The number of hydrogen-bond donors (Lipinski definition) is 7. The van der Waals surface area contributed by atoms with E-state index in [-0.39, 0.29) is 21.8 Å². The van der Waals surface area contributed by atoms with Gasteiger partial charge in [-0.15, -0.1) is 0 Å². The van der Waals surface area contributed by atoms with Crippen molar-refractivity contribution in [1.82, 2.24) is 19.5 Å². The normalized spacial score (nSPS) is 26.3. The van der Waals surface area contributed by atoms with Crippen LogP contribution in [0.15, 0.2) is 24.5 Å². The summed E-state index contributed by atoms with van der Waals surface area (Å²) in [5.74, 6) is -0.780. The summed E-state index contributed by atoms with van der Waals surface area (Å²) >= 11 is 11.2. The number of carbonyl (C=O) groups excluding carboxylic acids is 1. The second-order valence-electron chi connectivity index (χ2n) is 9.21. The molecule has 1 aromatic carbocycles. The molecule has 2 saturated heterocycles. The van der Waals surface area contributed by atoms with Gasteiger partial charge in [-0.1, -0.05) is 23.8 Å². The van der Waals surface area contributed by atoms with Gasteiger partial charge >= 0.3 is 23.5 Å². The van der Waals surface area contributed by atoms with Crippen LogP contribution in [0.25, 0.3) is 11.2 Å². The summed E-state index contributed by atoms with van der Waals surface area (Å²) in [5, 5.41) is 3.10. The number of nitrogens with zero attached hydrogens (tertiary/aromatic N) is 3. The highest BCUT2D eigenvalue weighted by atomic mass is 35.5. The van der Waals surface area contributed by atoms with Crippen molar-refractivity contribution < 1.29 is 65.4 Å². The first-order valence-electron chi connectivity index (χ1n) is 12.0. The van der Waals surface area contributed by atoms with E-state index >= 15 is 0 Å². The van der Waals surface area contributed by atoms with E-state index in [0.29, 0.717) is 16.3 Å². The number of anilines is 2. The van der Waals surface area contributed by atoms with Crippen LogP contribution in [0, 0.1) is 11.6 Å². The van der Waals surface area contributed by atoms with Crippen LogP contribution in [0.3, 0.4) is 0 Å². The number of nitrogens with one attached hydrogen (secondary N) is 2. The van der Waals surface area contributed by atoms with E-state index in [1.54, 1.807) is 25.1 Å². The zero-order valence-corrected chi connectivity index (χ0v) is 26.1. The number of aryl methyl sites for hydroxylation is 1. The summed E-state index contributed by atoms with van der Waals surface area (Å²) in [5.41, 5.74) is 7.24. The molecule has 0 aliphatic carbocycles. The molecule has 1 amide bonds. The van der Waals surface area contributed by atoms with E-state index in [1.807, 2.05) is 0 Å². The third-order valence-electron chi connectivity index (χ3n) is 6.05. The number of phosphoric acid groups is 3. The van der Waals surface area contributed by atoms with E-state index in [9.17, 15) is 28.3 Å². The molecule has 25 heteroatoms. The number of aromatic amines is 1. The Labute approximate surface area is 255 Å². The summed E-state index contributed by atoms with van der Waals surface area (Å²) in [7, 11) is -16.9. The molecule has 5 rings (SSSR count). The molecule has 2 aromatic heterocycles. The van der Waals surface area contributed by atoms with E-state index in [1.165, 1.54) is 10.9 Å². The number of halogens is 1. The molecule has 0 radical (unpaired) electrons. The summed E-state index contributed by atoms with van der Waals surface area (Å²) in [6.07, 6.45) is -5.01. The second kappa shape index (κ2) is 12.2. The summed E-state index contributed by atoms with van der Waals surface area (Å²) < 4.78 is 66.3. The Kier molecular flexibility index (Phi) is 9.22. The van der Waals surface area contributed by atoms with Crippen LogP contribution in [-0.4, -0.2) is 76.2 Å². The number of amides is 1. The van der Waals surface area contributed by atoms with Crippen LogP contribution < -0.4 is 11.1 Å². The van der Waals surface area contributed by atoms with Crippen molar-refractivity contribution >= 4 is 76.0 Å². The van der Waals surface area contributed by atoms with Gasteiger partial charge < -0.3 is 49.8 Å². The van der Waals surface area contributed by atoms with Crippen molar-refractivity contribution in [3.63, 3.8) is 0 Å². The molecular formula is C19H22ClN6O14P3S. The molecule has 6 unspecified atom stereocenters. The number of nitrogen functional groups attached to an aromatic ring is 1. The molecule has 7 atom stereocenters. The monoisotopic (exact) mass is 718 g/mol. The number of carbonyl (C=O) groups is 1. The number of nitrogens with two attached hydrogens (primary N) is 1. The maximum Gasteiger partial charge on any atom is 0.490 e. The Morgan fingerprint density at radius 1 is 1.16 bits per heavy atom. The van der Waals surface area contributed by atoms with Gasteiger partial charge in [0.1, 0.15) is 28.5 Å². The van der Waals surface area contributed by atoms with E-state index in [2.05, 4.69) is 28.9 Å². The Bertz CT molecular complexity index is 1820. The second-order valence-corrected chi connectivity index (χ2v) is 14.5. The standard InChI is InChI=1S/C19H22ClN6O14P3S/c1-7-4-8(20)2-3-9(7)23-15(27)18-37-12-10(5-35-42(31,32)40-43(33,34)39-41(28,29)30)36-17(13(12)38-18)26-6-22-11-14(26)24-19(21)25-16(11)44/h2-4,6,10,12-13,17-18H,5H2,1H3,(H,23,27)(H,31,32)(H,33,34)(H2,28,29,30)(H3,21,24,25,44)/t10?,12?,13?,17?,18-/m1/s1. The highest BCUT2D eigenvalue weighted by molar-refractivity contribution is 7.71. The van der Waals surface area contributed by atoms with Gasteiger partial charge in [0, 0.05) is 10.7 Å². The smallest absolute Gasteiger partial charge is 0.369 e. The largest absolute Gasteiger partial charge is 0.490 e. The first kappa shape index (κ1) is 33.2. The van der Waals surface area contributed by atoms with Crippen molar-refractivity contribution in [3.8, 4) is 0 Å².